The topological polar surface area (TPSA) is 54.9 Å². The lowest BCUT2D eigenvalue weighted by Crippen LogP contribution is -2.21. The van der Waals surface area contributed by atoms with E-state index in [0.29, 0.717) is 6.54 Å². The van der Waals surface area contributed by atoms with Gasteiger partial charge in [-0.25, -0.2) is 0 Å². The molecule has 0 aliphatic heterocycles. The molecular weight excluding hydrogens is 330 g/mol. The van der Waals surface area contributed by atoms with Crippen LogP contribution in [0, 0.1) is 0 Å². The maximum Gasteiger partial charge on any atom is 0.261 e. The molecule has 0 atom stereocenters. The summed E-state index contributed by atoms with van der Waals surface area (Å²) in [6.07, 6.45) is 5.27. The highest BCUT2D eigenvalue weighted by Crippen LogP contribution is 2.25. The van der Waals surface area contributed by atoms with Crippen molar-refractivity contribution in [2.45, 2.75) is 6.54 Å². The number of nitrogens with one attached hydrogen (secondary N) is 1. The van der Waals surface area contributed by atoms with Crippen LogP contribution in [0.5, 0.6) is 0 Å². The number of carbonyl (C=O) groups is 1. The molecule has 3 aromatic heterocycles. The number of hydrogen-bond donors (Lipinski definition) is 1. The van der Waals surface area contributed by atoms with Gasteiger partial charge in [0.15, 0.2) is 0 Å². The SMILES string of the molecule is O=C(NCc1ccnc(-c2cccnc2)c1)c1cc2ccccc2s1. The van der Waals surface area contributed by atoms with E-state index in [4.69, 9.17) is 0 Å². The van der Waals surface area contributed by atoms with Gasteiger partial charge in [-0.15, -0.1) is 11.3 Å². The molecule has 0 radical (unpaired) electrons. The number of hydrogen-bond acceptors (Lipinski definition) is 4. The van der Waals surface area contributed by atoms with Gasteiger partial charge >= 0.3 is 0 Å². The number of pyridine rings is 2. The first-order valence-corrected chi connectivity index (χ1v) is 8.73. The summed E-state index contributed by atoms with van der Waals surface area (Å²) >= 11 is 1.51. The average molecular weight is 345 g/mol. The Morgan fingerprint density at radius 3 is 2.80 bits per heavy atom. The molecule has 0 aliphatic rings. The van der Waals surface area contributed by atoms with Crippen molar-refractivity contribution in [1.29, 1.82) is 0 Å². The summed E-state index contributed by atoms with van der Waals surface area (Å²) in [5.74, 6) is -0.0547. The van der Waals surface area contributed by atoms with Crippen molar-refractivity contribution < 1.29 is 4.79 Å². The normalized spacial score (nSPS) is 10.7. The molecule has 3 heterocycles. The summed E-state index contributed by atoms with van der Waals surface area (Å²) in [5, 5.41) is 4.08. The number of rotatable bonds is 4. The molecular formula is C20H15N3OS. The van der Waals surface area contributed by atoms with Gasteiger partial charge in [-0.3, -0.25) is 14.8 Å². The maximum atomic E-state index is 12.4. The minimum absolute atomic E-state index is 0.0547. The van der Waals surface area contributed by atoms with Gasteiger partial charge in [-0.1, -0.05) is 18.2 Å². The Bertz CT molecular complexity index is 994. The molecule has 4 aromatic rings. The number of amides is 1. The van der Waals surface area contributed by atoms with E-state index in [0.717, 1.165) is 31.8 Å². The largest absolute Gasteiger partial charge is 0.347 e. The van der Waals surface area contributed by atoms with Crippen molar-refractivity contribution in [3.63, 3.8) is 0 Å². The van der Waals surface area contributed by atoms with Crippen LogP contribution in [-0.4, -0.2) is 15.9 Å². The van der Waals surface area contributed by atoms with Crippen LogP contribution in [0.15, 0.2) is 73.2 Å². The van der Waals surface area contributed by atoms with Crippen molar-refractivity contribution in [2.24, 2.45) is 0 Å². The summed E-state index contributed by atoms with van der Waals surface area (Å²) in [5.41, 5.74) is 2.81. The molecule has 0 aliphatic carbocycles. The monoisotopic (exact) mass is 345 g/mol. The van der Waals surface area contributed by atoms with Gasteiger partial charge in [0, 0.05) is 35.4 Å². The fraction of sp³-hybridized carbons (Fsp3) is 0.0500. The third kappa shape index (κ3) is 3.41. The fourth-order valence-corrected chi connectivity index (χ4v) is 3.60. The molecule has 0 spiro atoms. The summed E-state index contributed by atoms with van der Waals surface area (Å²) in [7, 11) is 0. The number of aromatic nitrogens is 2. The van der Waals surface area contributed by atoms with E-state index in [1.54, 1.807) is 18.6 Å². The van der Waals surface area contributed by atoms with Crippen LogP contribution in [-0.2, 0) is 6.54 Å². The van der Waals surface area contributed by atoms with E-state index in [1.807, 2.05) is 54.6 Å². The molecule has 0 saturated heterocycles. The Morgan fingerprint density at radius 1 is 1.04 bits per heavy atom. The molecule has 25 heavy (non-hydrogen) atoms. The zero-order chi connectivity index (χ0) is 17.1. The molecule has 0 saturated carbocycles. The highest BCUT2D eigenvalue weighted by molar-refractivity contribution is 7.20. The molecule has 1 amide bonds. The Morgan fingerprint density at radius 2 is 1.96 bits per heavy atom. The molecule has 5 heteroatoms. The Kier molecular flexibility index (Phi) is 4.23. The quantitative estimate of drug-likeness (QED) is 0.600. The van der Waals surface area contributed by atoms with E-state index in [1.165, 1.54) is 11.3 Å². The first-order chi connectivity index (χ1) is 12.3. The van der Waals surface area contributed by atoms with Crippen molar-refractivity contribution in [2.75, 3.05) is 0 Å². The summed E-state index contributed by atoms with van der Waals surface area (Å²) in [4.78, 5) is 21.6. The highest BCUT2D eigenvalue weighted by Gasteiger charge is 2.10. The van der Waals surface area contributed by atoms with Gasteiger partial charge in [0.1, 0.15) is 0 Å². The Hall–Kier alpha value is -3.05. The smallest absolute Gasteiger partial charge is 0.261 e. The summed E-state index contributed by atoms with van der Waals surface area (Å²) < 4.78 is 1.12. The zero-order valence-corrected chi connectivity index (χ0v) is 14.2. The van der Waals surface area contributed by atoms with Crippen LogP contribution in [0.4, 0.5) is 0 Å². The summed E-state index contributed by atoms with van der Waals surface area (Å²) in [6.45, 7) is 0.461. The van der Waals surface area contributed by atoms with Crippen molar-refractivity contribution >= 4 is 27.3 Å². The van der Waals surface area contributed by atoms with Crippen LogP contribution in [0.3, 0.4) is 0 Å². The molecule has 0 fully saturated rings. The number of nitrogens with zero attached hydrogens (tertiary/aromatic N) is 2. The molecule has 1 N–H and O–H groups in total. The van der Waals surface area contributed by atoms with Crippen molar-refractivity contribution in [1.82, 2.24) is 15.3 Å². The standard InChI is InChI=1S/C20H15N3OS/c24-20(19-11-15-4-1-2-6-18(15)25-19)23-12-14-7-9-22-17(10-14)16-5-3-8-21-13-16/h1-11,13H,12H2,(H,23,24). The highest BCUT2D eigenvalue weighted by atomic mass is 32.1. The molecule has 0 bridgehead atoms. The van der Waals surface area contributed by atoms with Gasteiger partial charge in [-0.05, 0) is 47.3 Å². The van der Waals surface area contributed by atoms with Gasteiger partial charge in [0.05, 0.1) is 10.6 Å². The second kappa shape index (κ2) is 6.83. The van der Waals surface area contributed by atoms with Gasteiger partial charge in [0.25, 0.3) is 5.91 Å². The summed E-state index contributed by atoms with van der Waals surface area (Å²) in [6, 6.07) is 17.7. The fourth-order valence-electron chi connectivity index (χ4n) is 2.62. The van der Waals surface area contributed by atoms with Gasteiger partial charge in [-0.2, -0.15) is 0 Å². The minimum atomic E-state index is -0.0547. The third-order valence-electron chi connectivity index (χ3n) is 3.88. The third-order valence-corrected chi connectivity index (χ3v) is 5.00. The van der Waals surface area contributed by atoms with Crippen LogP contribution in [0.25, 0.3) is 21.3 Å². The van der Waals surface area contributed by atoms with E-state index in [-0.39, 0.29) is 5.91 Å². The van der Waals surface area contributed by atoms with E-state index in [2.05, 4.69) is 15.3 Å². The van der Waals surface area contributed by atoms with Crippen molar-refractivity contribution in [3.05, 3.63) is 83.6 Å². The molecule has 4 nitrogen and oxygen atoms in total. The number of thiophene rings is 1. The Balaban J connectivity index is 1.48. The van der Waals surface area contributed by atoms with Crippen LogP contribution < -0.4 is 5.32 Å². The maximum absolute atomic E-state index is 12.4. The van der Waals surface area contributed by atoms with Gasteiger partial charge < -0.3 is 5.32 Å². The number of carbonyl (C=O) groups excluding carboxylic acids is 1. The van der Waals surface area contributed by atoms with Gasteiger partial charge in [0.2, 0.25) is 0 Å². The molecule has 4 rings (SSSR count). The molecule has 0 unspecified atom stereocenters. The lowest BCUT2D eigenvalue weighted by atomic mass is 10.1. The first kappa shape index (κ1) is 15.5. The van der Waals surface area contributed by atoms with E-state index in [9.17, 15) is 4.79 Å². The van der Waals surface area contributed by atoms with Crippen LogP contribution in [0.1, 0.15) is 15.2 Å². The predicted molar refractivity (Wildman–Crippen MR) is 100 cm³/mol. The lowest BCUT2D eigenvalue weighted by Gasteiger charge is -2.06. The molecule has 122 valence electrons. The second-order valence-corrected chi connectivity index (χ2v) is 6.71. The minimum Gasteiger partial charge on any atom is -0.347 e. The van der Waals surface area contributed by atoms with Crippen LogP contribution >= 0.6 is 11.3 Å². The molecule has 1 aromatic carbocycles. The first-order valence-electron chi connectivity index (χ1n) is 7.92. The van der Waals surface area contributed by atoms with Crippen LogP contribution in [0.2, 0.25) is 0 Å². The van der Waals surface area contributed by atoms with Crippen molar-refractivity contribution in [3.8, 4) is 11.3 Å². The van der Waals surface area contributed by atoms with E-state index < -0.39 is 0 Å². The predicted octanol–water partition coefficient (Wildman–Crippen LogP) is 4.29. The number of fused-ring (bicyclic) bond motifs is 1. The zero-order valence-electron chi connectivity index (χ0n) is 13.3. The Labute approximate surface area is 149 Å². The number of benzene rings is 1. The lowest BCUT2D eigenvalue weighted by molar-refractivity contribution is 0.0955. The second-order valence-electron chi connectivity index (χ2n) is 5.62. The average Bonchev–Trinajstić information content (AvgIpc) is 3.11. The van der Waals surface area contributed by atoms with E-state index >= 15 is 0 Å².